The lowest BCUT2D eigenvalue weighted by atomic mass is 10.3. The summed E-state index contributed by atoms with van der Waals surface area (Å²) in [4.78, 5) is 9.29. The standard InChI is InChI=1S/C8H8N2OS/c1-5-2-6-8(9-3-5)12-7(4-11)10-6/h2-3,11H,4H2,1H3. The Labute approximate surface area is 73.7 Å². The number of aliphatic hydroxyl groups excluding tert-OH is 1. The molecular weight excluding hydrogens is 172 g/mol. The van der Waals surface area contributed by atoms with Gasteiger partial charge in [-0.25, -0.2) is 9.97 Å². The number of nitrogens with zero attached hydrogens (tertiary/aromatic N) is 2. The molecule has 0 aliphatic rings. The highest BCUT2D eigenvalue weighted by Gasteiger charge is 2.02. The highest BCUT2D eigenvalue weighted by molar-refractivity contribution is 7.18. The quantitative estimate of drug-likeness (QED) is 0.723. The second-order valence-corrected chi connectivity index (χ2v) is 3.66. The second-order valence-electron chi connectivity index (χ2n) is 2.60. The lowest BCUT2D eigenvalue weighted by molar-refractivity contribution is 0.281. The van der Waals surface area contributed by atoms with Crippen molar-refractivity contribution in [2.24, 2.45) is 0 Å². The molecule has 0 aromatic carbocycles. The molecule has 12 heavy (non-hydrogen) atoms. The van der Waals surface area contributed by atoms with Gasteiger partial charge >= 0.3 is 0 Å². The zero-order chi connectivity index (χ0) is 8.55. The van der Waals surface area contributed by atoms with Gasteiger partial charge in [-0.2, -0.15) is 0 Å². The third kappa shape index (κ3) is 1.19. The predicted octanol–water partition coefficient (Wildman–Crippen LogP) is 1.49. The van der Waals surface area contributed by atoms with Crippen LogP contribution in [0.25, 0.3) is 10.3 Å². The number of rotatable bonds is 1. The van der Waals surface area contributed by atoms with Crippen LogP contribution in [0.1, 0.15) is 10.6 Å². The highest BCUT2D eigenvalue weighted by Crippen LogP contribution is 2.19. The third-order valence-corrected chi connectivity index (χ3v) is 2.53. The first-order valence-electron chi connectivity index (χ1n) is 3.62. The molecule has 2 rings (SSSR count). The first kappa shape index (κ1) is 7.64. The lowest BCUT2D eigenvalue weighted by Gasteiger charge is -1.87. The van der Waals surface area contributed by atoms with Crippen molar-refractivity contribution in [1.29, 1.82) is 0 Å². The molecule has 2 aromatic heterocycles. The molecular formula is C8H8N2OS. The highest BCUT2D eigenvalue weighted by atomic mass is 32.1. The molecule has 0 fully saturated rings. The van der Waals surface area contributed by atoms with Crippen LogP contribution in [0.4, 0.5) is 0 Å². The Kier molecular flexibility index (Phi) is 1.78. The molecule has 0 radical (unpaired) electrons. The Bertz CT molecular complexity index is 410. The van der Waals surface area contributed by atoms with Gasteiger partial charge in [0.2, 0.25) is 0 Å². The van der Waals surface area contributed by atoms with E-state index in [1.165, 1.54) is 11.3 Å². The number of hydrogen-bond donors (Lipinski definition) is 1. The van der Waals surface area contributed by atoms with E-state index >= 15 is 0 Å². The van der Waals surface area contributed by atoms with E-state index in [2.05, 4.69) is 9.97 Å². The van der Waals surface area contributed by atoms with Crippen LogP contribution in [0, 0.1) is 6.92 Å². The minimum Gasteiger partial charge on any atom is -0.389 e. The van der Waals surface area contributed by atoms with Crippen molar-refractivity contribution in [2.45, 2.75) is 13.5 Å². The Morgan fingerprint density at radius 3 is 3.17 bits per heavy atom. The Morgan fingerprint density at radius 1 is 1.58 bits per heavy atom. The van der Waals surface area contributed by atoms with Gasteiger partial charge in [0, 0.05) is 6.20 Å². The van der Waals surface area contributed by atoms with Gasteiger partial charge in [-0.3, -0.25) is 0 Å². The molecule has 1 N–H and O–H groups in total. The average Bonchev–Trinajstić information content (AvgIpc) is 2.46. The number of pyridine rings is 1. The van der Waals surface area contributed by atoms with E-state index in [1.54, 1.807) is 0 Å². The fourth-order valence-electron chi connectivity index (χ4n) is 1.04. The maximum absolute atomic E-state index is 8.83. The van der Waals surface area contributed by atoms with Crippen molar-refractivity contribution in [2.75, 3.05) is 0 Å². The van der Waals surface area contributed by atoms with Crippen LogP contribution < -0.4 is 0 Å². The van der Waals surface area contributed by atoms with Crippen LogP contribution >= 0.6 is 11.3 Å². The normalized spacial score (nSPS) is 10.8. The SMILES string of the molecule is Cc1cnc2sc(CO)nc2c1. The van der Waals surface area contributed by atoms with E-state index in [-0.39, 0.29) is 6.61 Å². The molecule has 0 amide bonds. The van der Waals surface area contributed by atoms with E-state index in [1.807, 2.05) is 19.2 Å². The Morgan fingerprint density at radius 2 is 2.42 bits per heavy atom. The summed E-state index contributed by atoms with van der Waals surface area (Å²) in [5.41, 5.74) is 1.97. The molecule has 2 aromatic rings. The lowest BCUT2D eigenvalue weighted by Crippen LogP contribution is -1.79. The maximum Gasteiger partial charge on any atom is 0.143 e. The zero-order valence-corrected chi connectivity index (χ0v) is 7.43. The van der Waals surface area contributed by atoms with Gasteiger partial charge < -0.3 is 5.11 Å². The topological polar surface area (TPSA) is 46.0 Å². The monoisotopic (exact) mass is 180 g/mol. The van der Waals surface area contributed by atoms with Gasteiger partial charge in [0.25, 0.3) is 0 Å². The molecule has 3 nitrogen and oxygen atoms in total. The van der Waals surface area contributed by atoms with Crippen LogP contribution in [-0.4, -0.2) is 15.1 Å². The summed E-state index contributed by atoms with van der Waals surface area (Å²) in [5.74, 6) is 0. The molecule has 0 spiro atoms. The molecule has 0 aliphatic heterocycles. The first-order chi connectivity index (χ1) is 5.79. The first-order valence-corrected chi connectivity index (χ1v) is 4.44. The molecule has 2 heterocycles. The minimum absolute atomic E-state index is 0.0000737. The van der Waals surface area contributed by atoms with Gasteiger partial charge in [0.1, 0.15) is 15.4 Å². The summed E-state index contributed by atoms with van der Waals surface area (Å²) in [7, 11) is 0. The Balaban J connectivity index is 2.67. The smallest absolute Gasteiger partial charge is 0.143 e. The molecule has 62 valence electrons. The van der Waals surface area contributed by atoms with Crippen molar-refractivity contribution in [1.82, 2.24) is 9.97 Å². The summed E-state index contributed by atoms with van der Waals surface area (Å²) in [6, 6.07) is 1.97. The van der Waals surface area contributed by atoms with E-state index in [9.17, 15) is 0 Å². The molecule has 0 bridgehead atoms. The molecule has 0 unspecified atom stereocenters. The molecule has 0 saturated heterocycles. The largest absolute Gasteiger partial charge is 0.389 e. The summed E-state index contributed by atoms with van der Waals surface area (Å²) in [5, 5.41) is 9.55. The summed E-state index contributed by atoms with van der Waals surface area (Å²) in [6.07, 6.45) is 1.81. The number of thiazole rings is 1. The number of aromatic nitrogens is 2. The molecule has 0 atom stereocenters. The van der Waals surface area contributed by atoms with E-state index in [4.69, 9.17) is 5.11 Å². The van der Waals surface area contributed by atoms with E-state index in [0.29, 0.717) is 0 Å². The fraction of sp³-hybridized carbons (Fsp3) is 0.250. The van der Waals surface area contributed by atoms with Crippen molar-refractivity contribution >= 4 is 21.7 Å². The number of aliphatic hydroxyl groups is 1. The number of fused-ring (bicyclic) bond motifs is 1. The summed E-state index contributed by atoms with van der Waals surface area (Å²) in [6.45, 7) is 1.98. The fourth-order valence-corrected chi connectivity index (χ4v) is 1.78. The van der Waals surface area contributed by atoms with Crippen molar-refractivity contribution in [3.63, 3.8) is 0 Å². The van der Waals surface area contributed by atoms with Gasteiger partial charge in [-0.1, -0.05) is 11.3 Å². The van der Waals surface area contributed by atoms with Gasteiger partial charge in [-0.15, -0.1) is 0 Å². The summed E-state index contributed by atoms with van der Waals surface area (Å²) >= 11 is 1.43. The van der Waals surface area contributed by atoms with Crippen LogP contribution in [0.5, 0.6) is 0 Å². The van der Waals surface area contributed by atoms with Crippen LogP contribution in [0.15, 0.2) is 12.3 Å². The van der Waals surface area contributed by atoms with Crippen molar-refractivity contribution < 1.29 is 5.11 Å². The van der Waals surface area contributed by atoms with Gasteiger partial charge in [0.05, 0.1) is 6.61 Å². The van der Waals surface area contributed by atoms with Crippen molar-refractivity contribution in [3.8, 4) is 0 Å². The predicted molar refractivity (Wildman–Crippen MR) is 48.1 cm³/mol. The van der Waals surface area contributed by atoms with Crippen LogP contribution in [0.2, 0.25) is 0 Å². The van der Waals surface area contributed by atoms with Crippen LogP contribution in [-0.2, 0) is 6.61 Å². The number of aryl methyl sites for hydroxylation is 1. The van der Waals surface area contributed by atoms with Crippen LogP contribution in [0.3, 0.4) is 0 Å². The van der Waals surface area contributed by atoms with Gasteiger partial charge in [0.15, 0.2) is 0 Å². The average molecular weight is 180 g/mol. The molecule has 4 heteroatoms. The third-order valence-electron chi connectivity index (χ3n) is 1.56. The maximum atomic E-state index is 8.83. The molecule has 0 saturated carbocycles. The van der Waals surface area contributed by atoms with Crippen molar-refractivity contribution in [3.05, 3.63) is 22.8 Å². The number of hydrogen-bond acceptors (Lipinski definition) is 4. The minimum atomic E-state index is 0.0000737. The van der Waals surface area contributed by atoms with E-state index < -0.39 is 0 Å². The Hall–Kier alpha value is -1.00. The molecule has 0 aliphatic carbocycles. The summed E-state index contributed by atoms with van der Waals surface area (Å²) < 4.78 is 0. The zero-order valence-electron chi connectivity index (χ0n) is 6.61. The second kappa shape index (κ2) is 2.80. The van der Waals surface area contributed by atoms with Gasteiger partial charge in [-0.05, 0) is 18.6 Å². The van der Waals surface area contributed by atoms with E-state index in [0.717, 1.165) is 20.9 Å².